The van der Waals surface area contributed by atoms with Gasteiger partial charge in [0.25, 0.3) is 5.91 Å². The molecule has 6 nitrogen and oxygen atoms in total. The van der Waals surface area contributed by atoms with E-state index in [1.54, 1.807) is 26.8 Å². The SMILES string of the molecule is CC(C)(C)C(NC(=O)C1CNc2ccccc2O1)C(=O)O. The molecule has 2 atom stereocenters. The summed E-state index contributed by atoms with van der Waals surface area (Å²) in [6.07, 6.45) is -0.746. The molecule has 0 aliphatic carbocycles. The van der Waals surface area contributed by atoms with Crippen LogP contribution in [0.4, 0.5) is 5.69 Å². The van der Waals surface area contributed by atoms with Crippen molar-refractivity contribution in [3.05, 3.63) is 24.3 Å². The van der Waals surface area contributed by atoms with Crippen molar-refractivity contribution >= 4 is 17.6 Å². The Morgan fingerprint density at radius 2 is 2.05 bits per heavy atom. The maximum Gasteiger partial charge on any atom is 0.326 e. The second-order valence-electron chi connectivity index (χ2n) is 6.13. The second-order valence-corrected chi connectivity index (χ2v) is 6.13. The third kappa shape index (κ3) is 3.45. The summed E-state index contributed by atoms with van der Waals surface area (Å²) in [6.45, 7) is 5.60. The number of benzene rings is 1. The Bertz CT molecular complexity index is 551. The lowest BCUT2D eigenvalue weighted by atomic mass is 9.86. The number of hydrogen-bond acceptors (Lipinski definition) is 4. The Kier molecular flexibility index (Phi) is 4.06. The van der Waals surface area contributed by atoms with Crippen molar-refractivity contribution in [3.63, 3.8) is 0 Å². The number of nitrogens with one attached hydrogen (secondary N) is 2. The van der Waals surface area contributed by atoms with Gasteiger partial charge in [0, 0.05) is 0 Å². The van der Waals surface area contributed by atoms with Crippen molar-refractivity contribution in [1.82, 2.24) is 5.32 Å². The van der Waals surface area contributed by atoms with Gasteiger partial charge < -0.3 is 20.5 Å². The normalized spacial score (nSPS) is 18.7. The Morgan fingerprint density at radius 3 is 2.67 bits per heavy atom. The van der Waals surface area contributed by atoms with Crippen molar-refractivity contribution < 1.29 is 19.4 Å². The van der Waals surface area contributed by atoms with Gasteiger partial charge in [-0.15, -0.1) is 0 Å². The number of para-hydroxylation sites is 2. The molecule has 0 spiro atoms. The van der Waals surface area contributed by atoms with E-state index < -0.39 is 29.4 Å². The molecule has 1 aromatic rings. The number of ether oxygens (including phenoxy) is 1. The monoisotopic (exact) mass is 292 g/mol. The summed E-state index contributed by atoms with van der Waals surface area (Å²) in [4.78, 5) is 23.5. The molecule has 1 aliphatic rings. The molecule has 2 unspecified atom stereocenters. The maximum absolute atomic E-state index is 12.2. The zero-order valence-electron chi connectivity index (χ0n) is 12.3. The number of anilines is 1. The van der Waals surface area contributed by atoms with Crippen LogP contribution in [0.1, 0.15) is 20.8 Å². The molecule has 21 heavy (non-hydrogen) atoms. The van der Waals surface area contributed by atoms with Crippen LogP contribution in [-0.4, -0.2) is 35.7 Å². The molecule has 3 N–H and O–H groups in total. The van der Waals surface area contributed by atoms with Gasteiger partial charge in [-0.05, 0) is 17.5 Å². The zero-order chi connectivity index (χ0) is 15.6. The summed E-state index contributed by atoms with van der Waals surface area (Å²) in [5, 5.41) is 14.9. The fraction of sp³-hybridized carbons (Fsp3) is 0.467. The maximum atomic E-state index is 12.2. The Labute approximate surface area is 123 Å². The summed E-state index contributed by atoms with van der Waals surface area (Å²) in [5.41, 5.74) is 0.244. The fourth-order valence-electron chi connectivity index (χ4n) is 2.14. The van der Waals surface area contributed by atoms with E-state index in [9.17, 15) is 14.7 Å². The van der Waals surface area contributed by atoms with Gasteiger partial charge in [0.1, 0.15) is 11.8 Å². The molecule has 1 heterocycles. The number of amides is 1. The van der Waals surface area contributed by atoms with E-state index in [0.717, 1.165) is 5.69 Å². The Morgan fingerprint density at radius 1 is 1.38 bits per heavy atom. The highest BCUT2D eigenvalue weighted by Gasteiger charge is 2.35. The first kappa shape index (κ1) is 15.2. The van der Waals surface area contributed by atoms with Crippen LogP contribution >= 0.6 is 0 Å². The highest BCUT2D eigenvalue weighted by molar-refractivity contribution is 5.88. The van der Waals surface area contributed by atoms with Gasteiger partial charge >= 0.3 is 5.97 Å². The highest BCUT2D eigenvalue weighted by atomic mass is 16.5. The minimum atomic E-state index is -1.06. The molecular formula is C15H20N2O4. The fourth-order valence-corrected chi connectivity index (χ4v) is 2.14. The molecule has 2 rings (SSSR count). The number of aliphatic carboxylic acids is 1. The average Bonchev–Trinajstić information content (AvgIpc) is 2.42. The largest absolute Gasteiger partial charge is 0.480 e. The number of hydrogen-bond donors (Lipinski definition) is 3. The summed E-state index contributed by atoms with van der Waals surface area (Å²) in [5.74, 6) is -0.897. The molecular weight excluding hydrogens is 272 g/mol. The molecule has 1 amide bonds. The highest BCUT2D eigenvalue weighted by Crippen LogP contribution is 2.28. The first-order valence-corrected chi connectivity index (χ1v) is 6.82. The topological polar surface area (TPSA) is 87.7 Å². The minimum Gasteiger partial charge on any atom is -0.480 e. The van der Waals surface area contributed by atoms with Crippen molar-refractivity contribution in [3.8, 4) is 5.75 Å². The van der Waals surface area contributed by atoms with Gasteiger partial charge in [0.05, 0.1) is 12.2 Å². The van der Waals surface area contributed by atoms with E-state index in [1.807, 2.05) is 18.2 Å². The van der Waals surface area contributed by atoms with Crippen LogP contribution in [0.5, 0.6) is 5.75 Å². The van der Waals surface area contributed by atoms with Gasteiger partial charge in [-0.1, -0.05) is 32.9 Å². The van der Waals surface area contributed by atoms with E-state index in [1.165, 1.54) is 0 Å². The van der Waals surface area contributed by atoms with Gasteiger partial charge in [0.2, 0.25) is 0 Å². The van der Waals surface area contributed by atoms with Gasteiger partial charge in [0.15, 0.2) is 6.10 Å². The smallest absolute Gasteiger partial charge is 0.326 e. The van der Waals surface area contributed by atoms with E-state index in [0.29, 0.717) is 12.3 Å². The van der Waals surface area contributed by atoms with Gasteiger partial charge in [-0.25, -0.2) is 4.79 Å². The average molecular weight is 292 g/mol. The minimum absolute atomic E-state index is 0.305. The third-order valence-electron chi connectivity index (χ3n) is 3.33. The number of carboxylic acids is 1. The first-order chi connectivity index (χ1) is 9.79. The van der Waals surface area contributed by atoms with Crippen LogP contribution in [0, 0.1) is 5.41 Å². The molecule has 6 heteroatoms. The lowest BCUT2D eigenvalue weighted by Gasteiger charge is -2.31. The molecule has 0 saturated heterocycles. The lowest BCUT2D eigenvalue weighted by molar-refractivity contribution is -0.146. The molecule has 1 aromatic carbocycles. The van der Waals surface area contributed by atoms with Crippen molar-refractivity contribution in [2.24, 2.45) is 5.41 Å². The first-order valence-electron chi connectivity index (χ1n) is 6.82. The molecule has 114 valence electrons. The molecule has 0 aromatic heterocycles. The number of carbonyl (C=O) groups is 2. The van der Waals surface area contributed by atoms with Crippen LogP contribution in [0.15, 0.2) is 24.3 Å². The van der Waals surface area contributed by atoms with E-state index in [4.69, 9.17) is 4.74 Å². The molecule has 0 saturated carbocycles. The Balaban J connectivity index is 2.06. The van der Waals surface area contributed by atoms with Crippen molar-refractivity contribution in [1.29, 1.82) is 0 Å². The quantitative estimate of drug-likeness (QED) is 0.785. The molecule has 0 bridgehead atoms. The van der Waals surface area contributed by atoms with Crippen LogP contribution < -0.4 is 15.4 Å². The number of carbonyl (C=O) groups excluding carboxylic acids is 1. The standard InChI is InChI=1S/C15H20N2O4/c1-15(2,3)12(14(19)20)17-13(18)11-8-16-9-6-4-5-7-10(9)21-11/h4-7,11-12,16H,8H2,1-3H3,(H,17,18)(H,19,20). The van der Waals surface area contributed by atoms with Crippen LogP contribution in [-0.2, 0) is 9.59 Å². The molecule has 0 fully saturated rings. The third-order valence-corrected chi connectivity index (χ3v) is 3.33. The second kappa shape index (κ2) is 5.63. The lowest BCUT2D eigenvalue weighted by Crippen LogP contribution is -2.54. The molecule has 0 radical (unpaired) electrons. The number of fused-ring (bicyclic) bond motifs is 1. The van der Waals surface area contributed by atoms with Crippen LogP contribution in [0.25, 0.3) is 0 Å². The van der Waals surface area contributed by atoms with Crippen molar-refractivity contribution in [2.75, 3.05) is 11.9 Å². The zero-order valence-corrected chi connectivity index (χ0v) is 12.3. The predicted molar refractivity (Wildman–Crippen MR) is 78.4 cm³/mol. The van der Waals surface area contributed by atoms with Crippen molar-refractivity contribution in [2.45, 2.75) is 32.9 Å². The van der Waals surface area contributed by atoms with E-state index in [-0.39, 0.29) is 0 Å². The number of carboxylic acid groups (broad SMARTS) is 1. The van der Waals surface area contributed by atoms with Crippen LogP contribution in [0.2, 0.25) is 0 Å². The number of rotatable bonds is 3. The molecule has 1 aliphatic heterocycles. The predicted octanol–water partition coefficient (Wildman–Crippen LogP) is 1.47. The summed E-state index contributed by atoms with van der Waals surface area (Å²) in [7, 11) is 0. The van der Waals surface area contributed by atoms with Gasteiger partial charge in [-0.3, -0.25) is 4.79 Å². The summed E-state index contributed by atoms with van der Waals surface area (Å²) in [6, 6.07) is 6.34. The van der Waals surface area contributed by atoms with E-state index >= 15 is 0 Å². The van der Waals surface area contributed by atoms with Gasteiger partial charge in [-0.2, -0.15) is 0 Å². The summed E-state index contributed by atoms with van der Waals surface area (Å²) < 4.78 is 5.62. The summed E-state index contributed by atoms with van der Waals surface area (Å²) >= 11 is 0. The van der Waals surface area contributed by atoms with E-state index in [2.05, 4.69) is 10.6 Å². The Hall–Kier alpha value is -2.24. The van der Waals surface area contributed by atoms with Crippen LogP contribution in [0.3, 0.4) is 0 Å².